The number of ether oxygens (including phenoxy) is 3. The highest BCUT2D eigenvalue weighted by Crippen LogP contribution is 2.34. The summed E-state index contributed by atoms with van der Waals surface area (Å²) in [6.07, 6.45) is 0. The van der Waals surface area contributed by atoms with E-state index in [0.717, 1.165) is 26.3 Å². The molecule has 1 aromatic carbocycles. The Bertz CT molecular complexity index is 778. The van der Waals surface area contributed by atoms with Crippen LogP contribution in [0.3, 0.4) is 0 Å². The van der Waals surface area contributed by atoms with Gasteiger partial charge >= 0.3 is 0 Å². The van der Waals surface area contributed by atoms with Crippen LogP contribution in [0.5, 0.6) is 11.5 Å². The lowest BCUT2D eigenvalue weighted by atomic mass is 10.3. The van der Waals surface area contributed by atoms with E-state index in [1.54, 1.807) is 18.2 Å². The Hall–Kier alpha value is -2.30. The van der Waals surface area contributed by atoms with Crippen molar-refractivity contribution in [3.05, 3.63) is 24.1 Å². The smallest absolute Gasteiger partial charge is 0.277 e. The van der Waals surface area contributed by atoms with Crippen molar-refractivity contribution in [1.82, 2.24) is 15.1 Å². The van der Waals surface area contributed by atoms with Gasteiger partial charge in [-0.1, -0.05) is 11.8 Å². The summed E-state index contributed by atoms with van der Waals surface area (Å²) in [7, 11) is 0. The summed E-state index contributed by atoms with van der Waals surface area (Å²) < 4.78 is 21.4. The van der Waals surface area contributed by atoms with E-state index in [1.165, 1.54) is 11.8 Å². The van der Waals surface area contributed by atoms with Gasteiger partial charge < -0.3 is 23.9 Å². The number of anilines is 1. The van der Waals surface area contributed by atoms with Crippen molar-refractivity contribution in [2.45, 2.75) is 11.8 Å². The molecule has 1 amide bonds. The zero-order chi connectivity index (χ0) is 17.8. The minimum absolute atomic E-state index is 0.165. The SMILES string of the molecule is O=C(CSc1nnc(CN2CCOCC2)o1)Nc1ccc2c(c1)OCO2. The van der Waals surface area contributed by atoms with Crippen LogP contribution in [-0.2, 0) is 16.1 Å². The van der Waals surface area contributed by atoms with E-state index in [0.29, 0.717) is 34.8 Å². The largest absolute Gasteiger partial charge is 0.454 e. The Morgan fingerprint density at radius 3 is 2.92 bits per heavy atom. The van der Waals surface area contributed by atoms with Crippen molar-refractivity contribution in [3.8, 4) is 11.5 Å². The molecule has 0 saturated carbocycles. The van der Waals surface area contributed by atoms with Crippen LogP contribution in [0.1, 0.15) is 5.89 Å². The van der Waals surface area contributed by atoms with Crippen LogP contribution in [0.15, 0.2) is 27.8 Å². The van der Waals surface area contributed by atoms with Gasteiger partial charge in [-0.05, 0) is 12.1 Å². The van der Waals surface area contributed by atoms with Crippen LogP contribution in [0, 0.1) is 0 Å². The maximum Gasteiger partial charge on any atom is 0.277 e. The minimum Gasteiger partial charge on any atom is -0.454 e. The van der Waals surface area contributed by atoms with E-state index in [-0.39, 0.29) is 18.5 Å². The number of carbonyl (C=O) groups excluding carboxylic acids is 1. The third-order valence-electron chi connectivity index (χ3n) is 3.89. The van der Waals surface area contributed by atoms with Crippen molar-refractivity contribution in [2.75, 3.05) is 44.2 Å². The molecule has 0 spiro atoms. The van der Waals surface area contributed by atoms with Crippen LogP contribution in [-0.4, -0.2) is 59.9 Å². The van der Waals surface area contributed by atoms with Gasteiger partial charge in [0.2, 0.25) is 18.6 Å². The first-order valence-corrected chi connectivity index (χ1v) is 9.19. The highest BCUT2D eigenvalue weighted by atomic mass is 32.2. The molecule has 26 heavy (non-hydrogen) atoms. The number of hydrogen-bond donors (Lipinski definition) is 1. The molecule has 2 aliphatic rings. The maximum atomic E-state index is 12.1. The Kier molecular flexibility index (Phi) is 5.23. The number of benzene rings is 1. The molecule has 0 aliphatic carbocycles. The number of aromatic nitrogens is 2. The van der Waals surface area contributed by atoms with Gasteiger partial charge in [0, 0.05) is 24.8 Å². The molecule has 9 nitrogen and oxygen atoms in total. The van der Waals surface area contributed by atoms with Gasteiger partial charge in [-0.2, -0.15) is 0 Å². The van der Waals surface area contributed by atoms with Crippen LogP contribution in [0.25, 0.3) is 0 Å². The van der Waals surface area contributed by atoms with Crippen LogP contribution in [0.4, 0.5) is 5.69 Å². The number of morpholine rings is 1. The fraction of sp³-hybridized carbons (Fsp3) is 0.438. The second-order valence-electron chi connectivity index (χ2n) is 5.76. The molecular formula is C16H18N4O5S. The van der Waals surface area contributed by atoms with Gasteiger partial charge in [0.1, 0.15) is 0 Å². The van der Waals surface area contributed by atoms with E-state index in [2.05, 4.69) is 20.4 Å². The van der Waals surface area contributed by atoms with Gasteiger partial charge in [-0.3, -0.25) is 9.69 Å². The molecule has 0 bridgehead atoms. The van der Waals surface area contributed by atoms with Crippen molar-refractivity contribution < 1.29 is 23.4 Å². The Morgan fingerprint density at radius 2 is 2.04 bits per heavy atom. The second-order valence-corrected chi connectivity index (χ2v) is 6.68. The predicted octanol–water partition coefficient (Wildman–Crippen LogP) is 1.36. The lowest BCUT2D eigenvalue weighted by Crippen LogP contribution is -2.35. The number of fused-ring (bicyclic) bond motifs is 1. The quantitative estimate of drug-likeness (QED) is 0.747. The van der Waals surface area contributed by atoms with Crippen molar-refractivity contribution >= 4 is 23.4 Å². The fourth-order valence-electron chi connectivity index (χ4n) is 2.61. The molecule has 3 heterocycles. The molecule has 0 unspecified atom stereocenters. The lowest BCUT2D eigenvalue weighted by molar-refractivity contribution is -0.113. The second kappa shape index (κ2) is 7.94. The number of nitrogens with one attached hydrogen (secondary N) is 1. The molecule has 0 atom stereocenters. The highest BCUT2D eigenvalue weighted by Gasteiger charge is 2.17. The van der Waals surface area contributed by atoms with E-state index in [9.17, 15) is 4.79 Å². The predicted molar refractivity (Wildman–Crippen MR) is 92.3 cm³/mol. The highest BCUT2D eigenvalue weighted by molar-refractivity contribution is 7.99. The molecule has 1 N–H and O–H groups in total. The first-order chi connectivity index (χ1) is 12.8. The lowest BCUT2D eigenvalue weighted by Gasteiger charge is -2.24. The first-order valence-electron chi connectivity index (χ1n) is 8.21. The van der Waals surface area contributed by atoms with Crippen LogP contribution < -0.4 is 14.8 Å². The minimum atomic E-state index is -0.165. The Morgan fingerprint density at radius 1 is 1.19 bits per heavy atom. The van der Waals surface area contributed by atoms with Crippen LogP contribution >= 0.6 is 11.8 Å². The number of rotatable bonds is 6. The van der Waals surface area contributed by atoms with E-state index >= 15 is 0 Å². The Labute approximate surface area is 154 Å². The Balaban J connectivity index is 1.25. The number of carbonyl (C=O) groups is 1. The number of amides is 1. The molecule has 0 radical (unpaired) electrons. The summed E-state index contributed by atoms with van der Waals surface area (Å²) in [6, 6.07) is 5.27. The molecule has 10 heteroatoms. The normalized spacial score (nSPS) is 16.6. The van der Waals surface area contributed by atoms with E-state index in [1.807, 2.05) is 0 Å². The van der Waals surface area contributed by atoms with Crippen molar-refractivity contribution in [3.63, 3.8) is 0 Å². The molecular weight excluding hydrogens is 360 g/mol. The average molecular weight is 378 g/mol. The molecule has 2 aromatic rings. The van der Waals surface area contributed by atoms with Gasteiger partial charge in [-0.25, -0.2) is 0 Å². The zero-order valence-corrected chi connectivity index (χ0v) is 14.8. The first kappa shape index (κ1) is 17.1. The third kappa shape index (κ3) is 4.26. The molecule has 1 fully saturated rings. The summed E-state index contributed by atoms with van der Waals surface area (Å²) in [5, 5.41) is 11.2. The van der Waals surface area contributed by atoms with Gasteiger partial charge in [0.15, 0.2) is 11.5 Å². The summed E-state index contributed by atoms with van der Waals surface area (Å²) in [5.41, 5.74) is 0.651. The van der Waals surface area contributed by atoms with Gasteiger partial charge in [-0.15, -0.1) is 10.2 Å². The van der Waals surface area contributed by atoms with E-state index in [4.69, 9.17) is 18.6 Å². The topological polar surface area (TPSA) is 99.0 Å². The van der Waals surface area contributed by atoms with E-state index < -0.39 is 0 Å². The maximum absolute atomic E-state index is 12.1. The van der Waals surface area contributed by atoms with Gasteiger partial charge in [0.05, 0.1) is 25.5 Å². The monoisotopic (exact) mass is 378 g/mol. The number of nitrogens with zero attached hydrogens (tertiary/aromatic N) is 3. The molecule has 1 saturated heterocycles. The summed E-state index contributed by atoms with van der Waals surface area (Å²) >= 11 is 1.20. The number of thioether (sulfide) groups is 1. The summed E-state index contributed by atoms with van der Waals surface area (Å²) in [5.74, 6) is 1.86. The van der Waals surface area contributed by atoms with Crippen LogP contribution in [0.2, 0.25) is 0 Å². The van der Waals surface area contributed by atoms with Crippen molar-refractivity contribution in [2.24, 2.45) is 0 Å². The molecule has 1 aromatic heterocycles. The fourth-order valence-corrected chi connectivity index (χ4v) is 3.19. The molecule has 2 aliphatic heterocycles. The standard InChI is InChI=1S/C16H18N4O5S/c21-14(17-11-1-2-12-13(7-11)24-10-23-12)9-26-16-19-18-15(25-16)8-20-3-5-22-6-4-20/h1-2,7H,3-6,8-10H2,(H,17,21). The zero-order valence-electron chi connectivity index (χ0n) is 14.0. The van der Waals surface area contributed by atoms with Crippen molar-refractivity contribution in [1.29, 1.82) is 0 Å². The summed E-state index contributed by atoms with van der Waals surface area (Å²) in [6.45, 7) is 3.93. The molecule has 138 valence electrons. The van der Waals surface area contributed by atoms with Gasteiger partial charge in [0.25, 0.3) is 5.22 Å². The number of hydrogen-bond acceptors (Lipinski definition) is 9. The summed E-state index contributed by atoms with van der Waals surface area (Å²) in [4.78, 5) is 14.3. The average Bonchev–Trinajstić information content (AvgIpc) is 3.29. The third-order valence-corrected chi connectivity index (χ3v) is 4.71. The molecule has 4 rings (SSSR count).